The summed E-state index contributed by atoms with van der Waals surface area (Å²) in [4.78, 5) is 25.2. The zero-order chi connectivity index (χ0) is 15.2. The highest BCUT2D eigenvalue weighted by molar-refractivity contribution is 5.69. The minimum atomic E-state index is -0.658. The van der Waals surface area contributed by atoms with Crippen molar-refractivity contribution in [3.8, 4) is 12.0 Å². The van der Waals surface area contributed by atoms with E-state index >= 15 is 0 Å². The fraction of sp³-hybridized carbons (Fsp3) is 0.385. The molecule has 1 rings (SSSR count). The van der Waals surface area contributed by atoms with Gasteiger partial charge in [0.15, 0.2) is 0 Å². The second-order valence-electron chi connectivity index (χ2n) is 4.87. The maximum atomic E-state index is 11.3. The SMILES string of the molecule is CC(C)(C)OC(=O)NC#CCc1ccncc1[N+](=O)[O-]. The molecular weight excluding hydrogens is 262 g/mol. The predicted molar refractivity (Wildman–Crippen MR) is 71.7 cm³/mol. The lowest BCUT2D eigenvalue weighted by Crippen LogP contribution is -2.29. The van der Waals surface area contributed by atoms with E-state index in [1.54, 1.807) is 20.8 Å². The summed E-state index contributed by atoms with van der Waals surface area (Å²) < 4.78 is 4.98. The molecule has 0 fully saturated rings. The Kier molecular flexibility index (Phi) is 5.03. The molecule has 7 heteroatoms. The molecule has 0 radical (unpaired) electrons. The standard InChI is InChI=1S/C13H15N3O4/c1-13(2,3)20-12(17)15-7-4-5-10-6-8-14-9-11(10)16(18)19/h6,8-9H,5H2,1-3H3,(H,15,17). The average molecular weight is 277 g/mol. The van der Waals surface area contributed by atoms with Gasteiger partial charge in [-0.25, -0.2) is 10.1 Å². The molecule has 0 spiro atoms. The zero-order valence-corrected chi connectivity index (χ0v) is 11.5. The van der Waals surface area contributed by atoms with Crippen LogP contribution in [0.4, 0.5) is 10.5 Å². The quantitative estimate of drug-likeness (QED) is 0.386. The van der Waals surface area contributed by atoms with Crippen LogP contribution in [0.25, 0.3) is 0 Å². The summed E-state index contributed by atoms with van der Waals surface area (Å²) in [7, 11) is 0. The van der Waals surface area contributed by atoms with Crippen molar-refractivity contribution in [1.29, 1.82) is 0 Å². The smallest absolute Gasteiger partial charge is 0.419 e. The summed E-state index contributed by atoms with van der Waals surface area (Å²) in [6.45, 7) is 5.21. The van der Waals surface area contributed by atoms with Crippen molar-refractivity contribution in [2.24, 2.45) is 0 Å². The molecule has 1 N–H and O–H groups in total. The summed E-state index contributed by atoms with van der Waals surface area (Å²) in [6.07, 6.45) is 2.09. The van der Waals surface area contributed by atoms with Crippen molar-refractivity contribution < 1.29 is 14.5 Å². The molecule has 7 nitrogen and oxygen atoms in total. The normalized spacial score (nSPS) is 10.2. The van der Waals surface area contributed by atoms with Crippen molar-refractivity contribution >= 4 is 11.8 Å². The predicted octanol–water partition coefficient (Wildman–Crippen LogP) is 2.02. The third kappa shape index (κ3) is 5.35. The van der Waals surface area contributed by atoms with Crippen molar-refractivity contribution in [3.63, 3.8) is 0 Å². The number of rotatable bonds is 2. The number of amides is 1. The zero-order valence-electron chi connectivity index (χ0n) is 11.5. The molecule has 0 aromatic carbocycles. The van der Waals surface area contributed by atoms with E-state index < -0.39 is 16.6 Å². The van der Waals surface area contributed by atoms with Gasteiger partial charge in [0.05, 0.1) is 4.92 Å². The third-order valence-electron chi connectivity index (χ3n) is 2.01. The summed E-state index contributed by atoms with van der Waals surface area (Å²) in [5.41, 5.74) is -0.266. The first-order valence-corrected chi connectivity index (χ1v) is 5.84. The topological polar surface area (TPSA) is 94.4 Å². The fourth-order valence-corrected chi connectivity index (χ4v) is 1.27. The van der Waals surface area contributed by atoms with Gasteiger partial charge in [0.1, 0.15) is 11.8 Å². The largest absolute Gasteiger partial charge is 0.443 e. The molecule has 0 saturated carbocycles. The molecule has 0 saturated heterocycles. The Bertz CT molecular complexity index is 567. The summed E-state index contributed by atoms with van der Waals surface area (Å²) in [5, 5.41) is 13.0. The number of hydrogen-bond donors (Lipinski definition) is 1. The number of nitrogens with one attached hydrogen (secondary N) is 1. The first-order chi connectivity index (χ1) is 9.29. The molecular formula is C13H15N3O4. The Balaban J connectivity index is 2.59. The molecule has 0 atom stereocenters. The van der Waals surface area contributed by atoms with Crippen molar-refractivity contribution in [2.75, 3.05) is 0 Å². The highest BCUT2D eigenvalue weighted by Crippen LogP contribution is 2.15. The maximum absolute atomic E-state index is 11.3. The van der Waals surface area contributed by atoms with Crippen LogP contribution in [0.3, 0.4) is 0 Å². The lowest BCUT2D eigenvalue weighted by molar-refractivity contribution is -0.385. The van der Waals surface area contributed by atoms with E-state index in [4.69, 9.17) is 4.74 Å². The van der Waals surface area contributed by atoms with Crippen LogP contribution in [0.15, 0.2) is 18.5 Å². The van der Waals surface area contributed by atoms with E-state index in [1.807, 2.05) is 0 Å². The van der Waals surface area contributed by atoms with Crippen molar-refractivity contribution in [2.45, 2.75) is 32.8 Å². The van der Waals surface area contributed by atoms with E-state index in [0.717, 1.165) is 6.20 Å². The van der Waals surface area contributed by atoms with Crippen LogP contribution in [-0.2, 0) is 11.2 Å². The third-order valence-corrected chi connectivity index (χ3v) is 2.01. The number of nitrogens with zero attached hydrogens (tertiary/aromatic N) is 2. The first-order valence-electron chi connectivity index (χ1n) is 5.84. The van der Waals surface area contributed by atoms with Crippen LogP contribution in [-0.4, -0.2) is 21.6 Å². The number of carbonyl (C=O) groups is 1. The maximum Gasteiger partial charge on any atom is 0.419 e. The molecule has 1 aromatic rings. The van der Waals surface area contributed by atoms with Crippen LogP contribution in [0.2, 0.25) is 0 Å². The second kappa shape index (κ2) is 6.52. The van der Waals surface area contributed by atoms with Crippen LogP contribution < -0.4 is 5.32 Å². The van der Waals surface area contributed by atoms with Crippen LogP contribution in [0.5, 0.6) is 0 Å². The number of carbonyl (C=O) groups excluding carboxylic acids is 1. The molecule has 1 aromatic heterocycles. The van der Waals surface area contributed by atoms with Gasteiger partial charge < -0.3 is 4.74 Å². The van der Waals surface area contributed by atoms with E-state index in [1.165, 1.54) is 12.3 Å². The number of hydrogen-bond acceptors (Lipinski definition) is 5. The van der Waals surface area contributed by atoms with Gasteiger partial charge in [-0.1, -0.05) is 5.92 Å². The van der Waals surface area contributed by atoms with E-state index in [9.17, 15) is 14.9 Å². The van der Waals surface area contributed by atoms with Gasteiger partial charge in [0.2, 0.25) is 0 Å². The number of pyridine rings is 1. The number of aromatic nitrogens is 1. The summed E-state index contributed by atoms with van der Waals surface area (Å²) >= 11 is 0. The summed E-state index contributed by atoms with van der Waals surface area (Å²) in [6, 6.07) is 3.92. The monoisotopic (exact) mass is 277 g/mol. The number of alkyl carbamates (subject to hydrolysis) is 1. The van der Waals surface area contributed by atoms with E-state index in [0.29, 0.717) is 5.56 Å². The molecule has 0 bridgehead atoms. The van der Waals surface area contributed by atoms with Crippen molar-refractivity contribution in [1.82, 2.24) is 10.3 Å². The molecule has 0 aliphatic carbocycles. The Morgan fingerprint density at radius 1 is 1.55 bits per heavy atom. The Labute approximate surface area is 116 Å². The second-order valence-corrected chi connectivity index (χ2v) is 4.87. The van der Waals surface area contributed by atoms with Gasteiger partial charge >= 0.3 is 6.09 Å². The highest BCUT2D eigenvalue weighted by Gasteiger charge is 2.15. The number of nitro groups is 1. The highest BCUT2D eigenvalue weighted by atomic mass is 16.6. The molecule has 1 amide bonds. The molecule has 20 heavy (non-hydrogen) atoms. The number of ether oxygens (including phenoxy) is 1. The minimum absolute atomic E-state index is 0.0981. The van der Waals surface area contributed by atoms with E-state index in [-0.39, 0.29) is 12.1 Å². The van der Waals surface area contributed by atoms with Crippen LogP contribution >= 0.6 is 0 Å². The first kappa shape index (κ1) is 15.4. The molecule has 106 valence electrons. The van der Waals surface area contributed by atoms with Gasteiger partial charge in [0, 0.05) is 24.2 Å². The van der Waals surface area contributed by atoms with Gasteiger partial charge in [-0.15, -0.1) is 0 Å². The minimum Gasteiger partial charge on any atom is -0.443 e. The van der Waals surface area contributed by atoms with E-state index in [2.05, 4.69) is 22.3 Å². The average Bonchev–Trinajstić information content (AvgIpc) is 2.33. The lowest BCUT2D eigenvalue weighted by atomic mass is 10.2. The lowest BCUT2D eigenvalue weighted by Gasteiger charge is -2.18. The van der Waals surface area contributed by atoms with Crippen LogP contribution in [0.1, 0.15) is 26.3 Å². The molecule has 0 unspecified atom stereocenters. The van der Waals surface area contributed by atoms with Gasteiger partial charge in [0.25, 0.3) is 5.69 Å². The van der Waals surface area contributed by atoms with Gasteiger partial charge in [-0.3, -0.25) is 15.1 Å². The Morgan fingerprint density at radius 2 is 2.25 bits per heavy atom. The molecule has 1 heterocycles. The Hall–Kier alpha value is -2.62. The fourth-order valence-electron chi connectivity index (χ4n) is 1.27. The Morgan fingerprint density at radius 3 is 2.85 bits per heavy atom. The van der Waals surface area contributed by atoms with Crippen LogP contribution in [0, 0.1) is 22.1 Å². The van der Waals surface area contributed by atoms with Gasteiger partial charge in [-0.2, -0.15) is 0 Å². The van der Waals surface area contributed by atoms with Crippen molar-refractivity contribution in [3.05, 3.63) is 34.1 Å². The van der Waals surface area contributed by atoms with Gasteiger partial charge in [-0.05, 0) is 26.8 Å². The molecule has 0 aliphatic heterocycles. The summed E-state index contributed by atoms with van der Waals surface area (Å²) in [5.74, 6) is 2.62. The molecule has 0 aliphatic rings.